The van der Waals surface area contributed by atoms with Crippen LogP contribution in [0.5, 0.6) is 0 Å². The van der Waals surface area contributed by atoms with Crippen LogP contribution in [0.3, 0.4) is 0 Å². The Morgan fingerprint density at radius 1 is 1.04 bits per heavy atom. The van der Waals surface area contributed by atoms with Crippen molar-refractivity contribution in [3.63, 3.8) is 0 Å². The second-order valence-corrected chi connectivity index (χ2v) is 9.58. The molecule has 0 aliphatic rings. The van der Waals surface area contributed by atoms with E-state index in [9.17, 15) is 9.36 Å². The fourth-order valence-electron chi connectivity index (χ4n) is 3.14. The van der Waals surface area contributed by atoms with Gasteiger partial charge in [0.25, 0.3) is 0 Å². The van der Waals surface area contributed by atoms with E-state index < -0.39 is 12.9 Å². The van der Waals surface area contributed by atoms with Crippen molar-refractivity contribution in [2.75, 3.05) is 40.0 Å². The normalized spacial score (nSPS) is 13.3. The van der Waals surface area contributed by atoms with E-state index in [1.165, 1.54) is 0 Å². The Balaban J connectivity index is 5.89. The lowest BCUT2D eigenvalue weighted by Crippen LogP contribution is -2.55. The number of amides is 1. The average Bonchev–Trinajstić information content (AvgIpc) is 2.52. The average molecular weight is 394 g/mol. The fraction of sp³-hybridized carbons (Fsp3) is 0.944. The summed E-state index contributed by atoms with van der Waals surface area (Å²) in [6, 6.07) is 0. The third kappa shape index (κ3) is 6.93. The van der Waals surface area contributed by atoms with Gasteiger partial charge < -0.3 is 19.1 Å². The SMILES string of the molecule is CCOP(=O)(OCC)C(CC)(CC)N(CCOC)CC(=O)NC(C)(C)C. The molecule has 0 aliphatic heterocycles. The summed E-state index contributed by atoms with van der Waals surface area (Å²) in [5, 5.41) is 2.09. The van der Waals surface area contributed by atoms with Gasteiger partial charge in [-0.25, -0.2) is 0 Å². The van der Waals surface area contributed by atoms with E-state index >= 15 is 0 Å². The third-order valence-corrected chi connectivity index (χ3v) is 7.37. The van der Waals surface area contributed by atoms with Crippen LogP contribution >= 0.6 is 7.60 Å². The molecule has 0 bridgehead atoms. The number of carbonyl (C=O) groups is 1. The molecule has 0 heterocycles. The smallest absolute Gasteiger partial charge is 0.350 e. The zero-order valence-electron chi connectivity index (χ0n) is 17.9. The topological polar surface area (TPSA) is 77.1 Å². The number of ether oxygens (including phenoxy) is 1. The first-order valence-electron chi connectivity index (χ1n) is 9.49. The molecule has 0 aromatic rings. The fourth-order valence-corrected chi connectivity index (χ4v) is 5.67. The molecule has 156 valence electrons. The third-order valence-electron chi connectivity index (χ3n) is 4.24. The molecule has 0 rings (SSSR count). The Bertz CT molecular complexity index is 451. The Labute approximate surface area is 159 Å². The van der Waals surface area contributed by atoms with Gasteiger partial charge in [0.1, 0.15) is 5.28 Å². The lowest BCUT2D eigenvalue weighted by atomic mass is 10.1. The Hall–Kier alpha value is -0.460. The molecule has 0 radical (unpaired) electrons. The second kappa shape index (κ2) is 11.4. The number of nitrogens with one attached hydrogen (secondary N) is 1. The van der Waals surface area contributed by atoms with E-state index in [4.69, 9.17) is 13.8 Å². The molecule has 0 fully saturated rings. The van der Waals surface area contributed by atoms with Crippen LogP contribution in [-0.4, -0.2) is 61.6 Å². The molecule has 1 N–H and O–H groups in total. The number of rotatable bonds is 13. The molecule has 0 aliphatic carbocycles. The molecular formula is C18H39N2O5P. The molecule has 26 heavy (non-hydrogen) atoms. The highest BCUT2D eigenvalue weighted by atomic mass is 31.2. The minimum absolute atomic E-state index is 0.104. The molecule has 0 aromatic carbocycles. The summed E-state index contributed by atoms with van der Waals surface area (Å²) in [7, 11) is -1.87. The molecule has 7 nitrogen and oxygen atoms in total. The molecule has 0 saturated heterocycles. The number of hydrogen-bond donors (Lipinski definition) is 1. The number of hydrogen-bond acceptors (Lipinski definition) is 6. The first-order chi connectivity index (χ1) is 12.1. The first-order valence-corrected chi connectivity index (χ1v) is 11.0. The predicted octanol–water partition coefficient (Wildman–Crippen LogP) is 3.63. The molecule has 0 aromatic heterocycles. The monoisotopic (exact) mass is 394 g/mol. The molecule has 8 heteroatoms. The van der Waals surface area contributed by atoms with Crippen LogP contribution in [0.1, 0.15) is 61.3 Å². The van der Waals surface area contributed by atoms with Crippen molar-refractivity contribution in [1.29, 1.82) is 0 Å². The van der Waals surface area contributed by atoms with Crippen molar-refractivity contribution in [2.24, 2.45) is 0 Å². The van der Waals surface area contributed by atoms with Gasteiger partial charge in [-0.05, 0) is 47.5 Å². The lowest BCUT2D eigenvalue weighted by Gasteiger charge is -2.46. The number of nitrogens with zero attached hydrogens (tertiary/aromatic N) is 1. The quantitative estimate of drug-likeness (QED) is 0.481. The van der Waals surface area contributed by atoms with Crippen LogP contribution in [0.15, 0.2) is 0 Å². The van der Waals surface area contributed by atoms with E-state index in [1.807, 2.05) is 39.5 Å². The highest BCUT2D eigenvalue weighted by Gasteiger charge is 2.52. The van der Waals surface area contributed by atoms with E-state index in [2.05, 4.69) is 5.32 Å². The van der Waals surface area contributed by atoms with Gasteiger partial charge in [-0.15, -0.1) is 0 Å². The van der Waals surface area contributed by atoms with Gasteiger partial charge in [-0.2, -0.15) is 0 Å². The number of methoxy groups -OCH3 is 1. The molecule has 0 saturated carbocycles. The van der Waals surface area contributed by atoms with Crippen molar-refractivity contribution >= 4 is 13.5 Å². The zero-order chi connectivity index (χ0) is 20.4. The van der Waals surface area contributed by atoms with Gasteiger partial charge in [0, 0.05) is 19.2 Å². The Morgan fingerprint density at radius 3 is 1.88 bits per heavy atom. The first kappa shape index (κ1) is 25.5. The summed E-state index contributed by atoms with van der Waals surface area (Å²) in [6.45, 7) is 14.9. The van der Waals surface area contributed by atoms with Crippen LogP contribution in [-0.2, 0) is 23.1 Å². The van der Waals surface area contributed by atoms with E-state index in [0.29, 0.717) is 26.0 Å². The van der Waals surface area contributed by atoms with Gasteiger partial charge >= 0.3 is 7.60 Å². The standard InChI is InChI=1S/C18H39N2O5P/c1-9-18(10-2,26(22,24-11-3)25-12-4)20(13-14-23-8)15-16(21)19-17(5,6)7/h9-15H2,1-8H3,(H,19,21). The highest BCUT2D eigenvalue weighted by molar-refractivity contribution is 7.55. The van der Waals surface area contributed by atoms with Crippen molar-refractivity contribution in [3.05, 3.63) is 0 Å². The molecular weight excluding hydrogens is 355 g/mol. The Kier molecular flexibility index (Phi) is 11.2. The van der Waals surface area contributed by atoms with Crippen LogP contribution in [0.25, 0.3) is 0 Å². The largest absolute Gasteiger partial charge is 0.383 e. The molecule has 0 unspecified atom stereocenters. The van der Waals surface area contributed by atoms with Crippen molar-refractivity contribution in [3.8, 4) is 0 Å². The predicted molar refractivity (Wildman–Crippen MR) is 106 cm³/mol. The van der Waals surface area contributed by atoms with Crippen molar-refractivity contribution in [2.45, 2.75) is 72.1 Å². The van der Waals surface area contributed by atoms with E-state index in [1.54, 1.807) is 21.0 Å². The summed E-state index contributed by atoms with van der Waals surface area (Å²) in [4.78, 5) is 14.5. The van der Waals surface area contributed by atoms with Crippen LogP contribution < -0.4 is 5.32 Å². The molecule has 0 spiro atoms. The van der Waals surface area contributed by atoms with Gasteiger partial charge in [-0.3, -0.25) is 14.3 Å². The van der Waals surface area contributed by atoms with Crippen molar-refractivity contribution in [1.82, 2.24) is 10.2 Å². The maximum absolute atomic E-state index is 13.7. The maximum atomic E-state index is 13.7. The molecule has 1 amide bonds. The zero-order valence-corrected chi connectivity index (χ0v) is 18.8. The van der Waals surface area contributed by atoms with Gasteiger partial charge in [0.2, 0.25) is 5.91 Å². The Morgan fingerprint density at radius 2 is 1.54 bits per heavy atom. The minimum atomic E-state index is -3.47. The highest BCUT2D eigenvalue weighted by Crippen LogP contribution is 2.64. The minimum Gasteiger partial charge on any atom is -0.383 e. The van der Waals surface area contributed by atoms with Crippen LogP contribution in [0, 0.1) is 0 Å². The second-order valence-electron chi connectivity index (χ2n) is 7.24. The summed E-state index contributed by atoms with van der Waals surface area (Å²) in [6.07, 6.45) is 1.07. The maximum Gasteiger partial charge on any atom is 0.350 e. The van der Waals surface area contributed by atoms with E-state index in [0.717, 1.165) is 0 Å². The van der Waals surface area contributed by atoms with Gasteiger partial charge in [0.05, 0.1) is 26.4 Å². The lowest BCUT2D eigenvalue weighted by molar-refractivity contribution is -0.125. The summed E-state index contributed by atoms with van der Waals surface area (Å²) >= 11 is 0. The van der Waals surface area contributed by atoms with Gasteiger partial charge in [-0.1, -0.05) is 13.8 Å². The summed E-state index contributed by atoms with van der Waals surface area (Å²) in [5.74, 6) is -0.126. The van der Waals surface area contributed by atoms with Gasteiger partial charge in [0.15, 0.2) is 0 Å². The molecule has 0 atom stereocenters. The van der Waals surface area contributed by atoms with Crippen LogP contribution in [0.2, 0.25) is 0 Å². The number of carbonyl (C=O) groups excluding carboxylic acids is 1. The van der Waals surface area contributed by atoms with Crippen molar-refractivity contribution < 1.29 is 23.1 Å². The van der Waals surface area contributed by atoms with Crippen LogP contribution in [0.4, 0.5) is 0 Å². The summed E-state index contributed by atoms with van der Waals surface area (Å²) in [5.41, 5.74) is -0.339. The van der Waals surface area contributed by atoms with E-state index in [-0.39, 0.29) is 31.2 Å². The summed E-state index contributed by atoms with van der Waals surface area (Å²) < 4.78 is 30.3.